The first-order valence-corrected chi connectivity index (χ1v) is 53.1. The van der Waals surface area contributed by atoms with Gasteiger partial charge in [-0.15, -0.1) is 0 Å². The largest absolute Gasteiger partial charge is 0.416 e. The lowest BCUT2D eigenvalue weighted by atomic mass is 9.75. The summed E-state index contributed by atoms with van der Waals surface area (Å²) in [7, 11) is 8.19. The second kappa shape index (κ2) is 44.3. The molecule has 774 valence electrons. The van der Waals surface area contributed by atoms with Crippen molar-refractivity contribution >= 4 is 34.1 Å². The topological polar surface area (TPSA) is 131 Å². The quantitative estimate of drug-likeness (QED) is 0.0381. The lowest BCUT2D eigenvalue weighted by Gasteiger charge is -2.41. The fourth-order valence-corrected chi connectivity index (χ4v) is 27.1. The summed E-state index contributed by atoms with van der Waals surface area (Å²) in [6, 6.07) is 94.4. The van der Waals surface area contributed by atoms with Gasteiger partial charge in [0.05, 0.1) is 70.7 Å². The highest BCUT2D eigenvalue weighted by Crippen LogP contribution is 2.62. The molecule has 12 aromatic rings. The van der Waals surface area contributed by atoms with Crippen LogP contribution in [0.25, 0.3) is 0 Å². The van der Waals surface area contributed by atoms with Crippen molar-refractivity contribution in [3.05, 3.63) is 391 Å². The minimum atomic E-state index is -4.35. The Bertz CT molecular complexity index is 6280. The first kappa shape index (κ1) is 104. The number of rotatable bonds is 14. The van der Waals surface area contributed by atoms with E-state index in [0.29, 0.717) is 66.8 Å². The van der Waals surface area contributed by atoms with E-state index in [2.05, 4.69) is 203 Å². The summed E-state index contributed by atoms with van der Waals surface area (Å²) in [5.74, 6) is 4.48. The second-order valence-corrected chi connectivity index (χ2v) is 43.7. The highest BCUT2D eigenvalue weighted by molar-refractivity contribution is 5.66. The van der Waals surface area contributed by atoms with Crippen molar-refractivity contribution in [3.8, 4) is 0 Å². The molecule has 6 heterocycles. The number of aryl methyl sites for hydroxylation is 1. The number of benzene rings is 12. The van der Waals surface area contributed by atoms with E-state index in [1.54, 1.807) is 23.3 Å². The van der Waals surface area contributed by atoms with Gasteiger partial charge in [-0.1, -0.05) is 240 Å². The molecule has 6 aliphatic carbocycles. The van der Waals surface area contributed by atoms with Crippen molar-refractivity contribution < 1.29 is 62.9 Å². The fourth-order valence-electron chi connectivity index (χ4n) is 27.1. The molecule has 147 heavy (non-hydrogen) atoms. The molecule has 0 saturated heterocycles. The minimum absolute atomic E-state index is 0.0117. The van der Waals surface area contributed by atoms with Crippen molar-refractivity contribution in [1.82, 2.24) is 15.1 Å². The number of hydrogen-bond acceptors (Lipinski definition) is 11. The first-order chi connectivity index (χ1) is 70.6. The number of nitrogens with one attached hydrogen (secondary N) is 7. The third-order valence-electron chi connectivity index (χ3n) is 34.0. The predicted molar refractivity (Wildman–Crippen MR) is 565 cm³/mol. The van der Waals surface area contributed by atoms with Gasteiger partial charge in [-0.05, 0) is 365 Å². The van der Waals surface area contributed by atoms with Crippen LogP contribution in [0.4, 0.5) is 86.8 Å². The zero-order valence-corrected chi connectivity index (χ0v) is 84.5. The zero-order valence-electron chi connectivity index (χ0n) is 84.5. The number of alkyl halides is 12. The van der Waals surface area contributed by atoms with Gasteiger partial charge in [0.25, 0.3) is 0 Å². The van der Waals surface area contributed by atoms with Crippen LogP contribution >= 0.6 is 0 Å². The Hall–Kier alpha value is -11.6. The highest BCUT2D eigenvalue weighted by atomic mass is 19.4. The predicted octanol–water partition coefficient (Wildman–Crippen LogP) is 31.2. The van der Waals surface area contributed by atoms with Crippen LogP contribution in [0.15, 0.2) is 291 Å². The first-order valence-electron chi connectivity index (χ1n) is 53.1. The van der Waals surface area contributed by atoms with Gasteiger partial charge >= 0.3 is 24.7 Å². The third-order valence-corrected chi connectivity index (χ3v) is 34.0. The molecule has 9 N–H and O–H groups in total. The lowest BCUT2D eigenvalue weighted by molar-refractivity contribution is -0.138. The van der Waals surface area contributed by atoms with E-state index in [4.69, 9.17) is 0 Å². The molecule has 6 fully saturated rings. The van der Waals surface area contributed by atoms with Crippen molar-refractivity contribution in [2.45, 2.75) is 250 Å². The molecule has 0 bridgehead atoms. The van der Waals surface area contributed by atoms with Gasteiger partial charge in [-0.2, -0.15) is 52.7 Å². The molecule has 22 atom stereocenters. The summed E-state index contributed by atoms with van der Waals surface area (Å²) in [6.07, 6.45) is -1.81. The summed E-state index contributed by atoms with van der Waals surface area (Å²) >= 11 is 0. The van der Waals surface area contributed by atoms with Crippen LogP contribution in [0.2, 0.25) is 0 Å². The Morgan fingerprint density at radius 3 is 0.980 bits per heavy atom. The van der Waals surface area contributed by atoms with E-state index in [0.717, 1.165) is 132 Å². The molecule has 11 nitrogen and oxygen atoms in total. The number of hydrogen-bond donors (Lipinski definition) is 9. The normalized spacial score (nSPS) is 27.3. The van der Waals surface area contributed by atoms with E-state index >= 15 is 0 Å². The maximum absolute atomic E-state index is 13.4. The molecule has 12 aliphatic rings. The molecule has 6 aliphatic heterocycles. The maximum Gasteiger partial charge on any atom is 0.416 e. The van der Waals surface area contributed by atoms with Crippen LogP contribution in [-0.2, 0) is 31.1 Å². The summed E-state index contributed by atoms with van der Waals surface area (Å²) in [5, 5.41) is 45.5. The van der Waals surface area contributed by atoms with E-state index in [-0.39, 0.29) is 71.6 Å². The lowest BCUT2D eigenvalue weighted by Crippen LogP contribution is -2.37. The molecule has 0 spiro atoms. The van der Waals surface area contributed by atoms with Gasteiger partial charge in [0, 0.05) is 52.1 Å². The number of nitrogens with zero attached hydrogens (tertiary/aromatic N) is 2. The van der Waals surface area contributed by atoms with Crippen molar-refractivity contribution in [1.29, 1.82) is 0 Å². The number of aliphatic hydroxyl groups is 2. The summed E-state index contributed by atoms with van der Waals surface area (Å²) in [4.78, 5) is 4.34. The Morgan fingerprint density at radius 2 is 0.633 bits per heavy atom. The molecule has 0 aromatic heterocycles. The molecule has 12 aromatic carbocycles. The van der Waals surface area contributed by atoms with E-state index in [9.17, 15) is 62.9 Å². The van der Waals surface area contributed by atoms with E-state index in [1.165, 1.54) is 132 Å². The van der Waals surface area contributed by atoms with Crippen molar-refractivity contribution in [2.75, 3.05) is 73.2 Å². The Labute approximate surface area is 857 Å². The molecule has 23 heteroatoms. The highest BCUT2D eigenvalue weighted by Gasteiger charge is 2.52. The van der Waals surface area contributed by atoms with Gasteiger partial charge in [0.15, 0.2) is 0 Å². The Morgan fingerprint density at radius 1 is 0.320 bits per heavy atom. The van der Waals surface area contributed by atoms with Crippen molar-refractivity contribution in [2.24, 2.45) is 35.5 Å². The Kier molecular flexibility index (Phi) is 31.3. The molecule has 0 radical (unpaired) electrons. The molecular weight excluding hydrogens is 1880 g/mol. The summed E-state index contributed by atoms with van der Waals surface area (Å²) < 4.78 is 158. The monoisotopic (exact) mass is 2010 g/mol. The molecule has 6 saturated carbocycles. The van der Waals surface area contributed by atoms with Crippen LogP contribution in [0.1, 0.15) is 295 Å². The number of aliphatic hydroxyl groups excluding tert-OH is 2. The van der Waals surface area contributed by atoms with E-state index in [1.807, 2.05) is 111 Å². The zero-order chi connectivity index (χ0) is 103. The van der Waals surface area contributed by atoms with E-state index < -0.39 is 59.2 Å². The third kappa shape index (κ3) is 23.0. The van der Waals surface area contributed by atoms with Gasteiger partial charge in [0.1, 0.15) is 0 Å². The average molecular weight is 2010 g/mol. The van der Waals surface area contributed by atoms with Crippen LogP contribution in [0.3, 0.4) is 0 Å². The minimum Gasteiger partial charge on any atom is -0.393 e. The standard InChI is InChI=1S/C24H30F3N3.C21H23F3N2.C21H25N.C20H23N.2C19H18F3NO/c1-30(2)12-6-11-28-18-14-19-20-13-17(24(25,26)27)9-10-22(20)29-23(21(19)15-18)16-7-4-3-5-8-16;1-26(2)18-11-9-15-19(18)16-12-14(21(22,23)24)8-10-17(16)25-20(15)13-6-4-3-5-7-13;1-14(2)16-11-12-20-19(13-16)17-9-6-10-18(17)21(22-20)15-7-4-3-5-8-15;1-2-14-11-12-19-18(13-14)16-9-6-10-17(16)20(21-19)15-7-4-3-5-8-15;2*20-19(21,22)12-6-7-17-15(8-12)14-9-13(24)10-16(14)18(23-17)11-4-2-1-3-5-11/h3-5,7-10,13,18-19,21,23,28-29H,6,11-12,14-15H2,1-2H3;3-8,10,12,15,18-20,25H,9,11H2,1-2H3;3-5,7-8,11-14,17-18,21-22H,6,9-10H2,1-2H3;3-5,7-8,11-13,16-17,20-21H,2,6,9-10H2,1H3;2*1-8,13-14,16,18,23-24H,9-10H2/t18-,19?,21+,23-;15-,18+,19?,20-;17?,18-,21-;16?,17-,20-;13-,14?,16+,18+;13-,14?,16-,18+/m011101/s1. The molecular formula is C124H137F12N9O2. The number of halogens is 12. The summed E-state index contributed by atoms with van der Waals surface area (Å²) in [5.41, 5.74) is 20.1. The number of likely N-dealkylation sites (N-methyl/N-ethyl adjacent to an activating group) is 1. The number of fused-ring (bicyclic) bond motifs is 18. The van der Waals surface area contributed by atoms with Crippen LogP contribution in [0.5, 0.6) is 0 Å². The molecule has 6 unspecified atom stereocenters. The van der Waals surface area contributed by atoms with Crippen molar-refractivity contribution in [3.63, 3.8) is 0 Å². The van der Waals surface area contributed by atoms with Gasteiger partial charge in [0.2, 0.25) is 0 Å². The van der Waals surface area contributed by atoms with Gasteiger partial charge < -0.3 is 57.2 Å². The van der Waals surface area contributed by atoms with Crippen LogP contribution < -0.4 is 37.2 Å². The Balaban J connectivity index is 0.000000111. The summed E-state index contributed by atoms with van der Waals surface area (Å²) in [6.45, 7) is 8.78. The average Bonchev–Trinajstić information content (AvgIpc) is 1.61. The number of anilines is 6. The van der Waals surface area contributed by atoms with Gasteiger partial charge in [-0.25, -0.2) is 0 Å². The molecule has 0 amide bonds. The smallest absolute Gasteiger partial charge is 0.393 e. The van der Waals surface area contributed by atoms with Gasteiger partial charge in [-0.3, -0.25) is 0 Å². The molecule has 24 rings (SSSR count). The fraction of sp³-hybridized carbons (Fsp3) is 0.419. The SMILES string of the molecule is CC(C)c1ccc2c(c1)C1CCC[C@H]1[C@@H](c1ccccc1)N2.CCc1ccc2c(c1)C1CCC[C@H]1[C@@H](c1ccccc1)N2.CN(C)CCCN[C@H]1CC2c3cc(C(F)(F)F)ccc3N[C@@H](c3ccccc3)[C@@H]2C1.CN(C)[C@H]1CC[C@@H]2C1c1cc(C(F)(F)F)ccc1N[C@@H]2c1ccccc1.O[C@@H]1CC2c3cc(C(F)(F)F)ccc3N[C@@H](c3ccccc3)[C@@H]2C1.O[C@H]1CC2c3cc(C(F)(F)F)ccc3N[C@H](c3ccccc3)[C@@H]2C1. The second-order valence-electron chi connectivity index (χ2n) is 43.7. The van der Waals surface area contributed by atoms with Crippen LogP contribution in [-0.4, -0.2) is 85.6 Å². The van der Waals surface area contributed by atoms with Crippen LogP contribution in [0, 0.1) is 35.5 Å². The maximum atomic E-state index is 13.4.